The molecule has 0 amide bonds. The molecule has 0 aromatic carbocycles. The Labute approximate surface area is 169 Å². The molecular weight excluding hydrogens is 379 g/mol. The summed E-state index contributed by atoms with van der Waals surface area (Å²) in [6.45, 7) is 0.946. The van der Waals surface area contributed by atoms with Gasteiger partial charge in [-0.1, -0.05) is 26.2 Å². The predicted molar refractivity (Wildman–Crippen MR) is 104 cm³/mol. The fourth-order valence-corrected chi connectivity index (χ4v) is 4.10. The highest BCUT2D eigenvalue weighted by atomic mass is 19.1. The average molecular weight is 408 g/mol. The van der Waals surface area contributed by atoms with Crippen molar-refractivity contribution in [2.24, 2.45) is 11.8 Å². The second-order valence-corrected chi connectivity index (χ2v) is 7.80. The molecule has 0 aliphatic heterocycles. The Morgan fingerprint density at radius 1 is 1.21 bits per heavy atom. The number of carbonyl (C=O) groups excluding carboxylic acids is 2. The van der Waals surface area contributed by atoms with E-state index in [9.17, 15) is 23.6 Å². The minimum absolute atomic E-state index is 0.296. The lowest BCUT2D eigenvalue weighted by molar-refractivity contribution is -0.141. The minimum Gasteiger partial charge on any atom is -0.481 e. The summed E-state index contributed by atoms with van der Waals surface area (Å²) >= 11 is 0. The summed E-state index contributed by atoms with van der Waals surface area (Å²) in [4.78, 5) is 48.4. The van der Waals surface area contributed by atoms with E-state index < -0.39 is 48.9 Å². The van der Waals surface area contributed by atoms with Crippen molar-refractivity contribution in [3.63, 3.8) is 0 Å². The van der Waals surface area contributed by atoms with Gasteiger partial charge < -0.3 is 5.11 Å². The zero-order valence-electron chi connectivity index (χ0n) is 16.8. The van der Waals surface area contributed by atoms with E-state index in [0.717, 1.165) is 25.7 Å². The molecule has 1 fully saturated rings. The summed E-state index contributed by atoms with van der Waals surface area (Å²) in [5.74, 6) is -4.19. The quantitative estimate of drug-likeness (QED) is 0.603. The van der Waals surface area contributed by atoms with E-state index in [-0.39, 0.29) is 5.56 Å². The summed E-state index contributed by atoms with van der Waals surface area (Å²) in [5.41, 5.74) is -0.0324. The summed E-state index contributed by atoms with van der Waals surface area (Å²) in [6, 6.07) is 1.51. The van der Waals surface area contributed by atoms with Crippen LogP contribution in [0.25, 0.3) is 0 Å². The van der Waals surface area contributed by atoms with E-state index >= 15 is 0 Å². The molecular formula is C21H29FN2O5. The van der Waals surface area contributed by atoms with Crippen molar-refractivity contribution >= 4 is 17.5 Å². The van der Waals surface area contributed by atoms with Crippen LogP contribution in [0.15, 0.2) is 17.1 Å². The molecule has 0 spiro atoms. The molecule has 0 saturated heterocycles. The second-order valence-electron chi connectivity index (χ2n) is 7.80. The number of alkyl halides is 1. The normalized spacial score (nSPS) is 16.9. The van der Waals surface area contributed by atoms with Crippen LogP contribution >= 0.6 is 0 Å². The SMILES string of the molecule is CCC(C(=O)CC(CC(=O)O)C(=O)CF)c1ccnn(CC2CCCCC2)c1=O. The Morgan fingerprint density at radius 2 is 1.90 bits per heavy atom. The van der Waals surface area contributed by atoms with Crippen LogP contribution in [0.4, 0.5) is 4.39 Å². The van der Waals surface area contributed by atoms with Gasteiger partial charge in [0, 0.05) is 36.6 Å². The molecule has 2 atom stereocenters. The maximum absolute atomic E-state index is 12.9. The molecule has 1 saturated carbocycles. The third-order valence-electron chi connectivity index (χ3n) is 5.73. The van der Waals surface area contributed by atoms with Crippen LogP contribution in [0.2, 0.25) is 0 Å². The van der Waals surface area contributed by atoms with Crippen LogP contribution in [0.5, 0.6) is 0 Å². The summed E-state index contributed by atoms with van der Waals surface area (Å²) in [5, 5.41) is 13.1. The highest BCUT2D eigenvalue weighted by Gasteiger charge is 2.30. The van der Waals surface area contributed by atoms with Gasteiger partial charge in [-0.25, -0.2) is 9.07 Å². The molecule has 1 N–H and O–H groups in total. The number of carboxylic acids is 1. The van der Waals surface area contributed by atoms with Crippen molar-refractivity contribution in [3.05, 3.63) is 28.2 Å². The fraction of sp³-hybridized carbons (Fsp3) is 0.667. The third-order valence-corrected chi connectivity index (χ3v) is 5.73. The van der Waals surface area contributed by atoms with Gasteiger partial charge in [-0.2, -0.15) is 5.10 Å². The molecule has 160 valence electrons. The molecule has 0 radical (unpaired) electrons. The Balaban J connectivity index is 2.20. The minimum atomic E-state index is -1.31. The van der Waals surface area contributed by atoms with E-state index in [0.29, 0.717) is 24.4 Å². The van der Waals surface area contributed by atoms with E-state index in [1.807, 2.05) is 0 Å². The summed E-state index contributed by atoms with van der Waals surface area (Å²) < 4.78 is 14.2. The zero-order valence-corrected chi connectivity index (χ0v) is 16.8. The lowest BCUT2D eigenvalue weighted by Crippen LogP contribution is -2.33. The number of carbonyl (C=O) groups is 3. The highest BCUT2D eigenvalue weighted by Crippen LogP contribution is 2.26. The Bertz CT molecular complexity index is 786. The highest BCUT2D eigenvalue weighted by molar-refractivity contribution is 5.93. The van der Waals surface area contributed by atoms with Gasteiger partial charge in [0.05, 0.1) is 6.42 Å². The first-order valence-corrected chi connectivity index (χ1v) is 10.3. The van der Waals surface area contributed by atoms with E-state index in [1.54, 1.807) is 6.92 Å². The van der Waals surface area contributed by atoms with Gasteiger partial charge >= 0.3 is 5.97 Å². The number of hydrogen-bond donors (Lipinski definition) is 1. The molecule has 7 nitrogen and oxygen atoms in total. The van der Waals surface area contributed by atoms with E-state index in [1.165, 1.54) is 23.4 Å². The number of carboxylic acid groups (broad SMARTS) is 1. The van der Waals surface area contributed by atoms with Crippen molar-refractivity contribution in [1.29, 1.82) is 0 Å². The van der Waals surface area contributed by atoms with Crippen LogP contribution in [-0.4, -0.2) is 39.1 Å². The lowest BCUT2D eigenvalue weighted by atomic mass is 9.85. The standard InChI is InChI=1S/C21H29FN2O5/c1-2-16(18(25)10-15(11-20(27)28)19(26)12-22)17-8-9-23-24(21(17)29)13-14-6-4-3-5-7-14/h8-9,14-16H,2-7,10-13H2,1H3,(H,27,28). The molecule has 8 heteroatoms. The molecule has 1 heterocycles. The Hall–Kier alpha value is -2.38. The van der Waals surface area contributed by atoms with Gasteiger partial charge in [0.15, 0.2) is 5.78 Å². The van der Waals surface area contributed by atoms with E-state index in [2.05, 4.69) is 5.10 Å². The zero-order chi connectivity index (χ0) is 21.4. The maximum atomic E-state index is 12.9. The topological polar surface area (TPSA) is 106 Å². The monoisotopic (exact) mass is 408 g/mol. The van der Waals surface area contributed by atoms with Crippen molar-refractivity contribution in [1.82, 2.24) is 9.78 Å². The van der Waals surface area contributed by atoms with E-state index in [4.69, 9.17) is 5.11 Å². The first-order valence-electron chi connectivity index (χ1n) is 10.3. The van der Waals surface area contributed by atoms with Gasteiger partial charge in [-0.05, 0) is 31.2 Å². The Morgan fingerprint density at radius 3 is 2.48 bits per heavy atom. The molecule has 29 heavy (non-hydrogen) atoms. The van der Waals surface area contributed by atoms with Crippen molar-refractivity contribution in [2.45, 2.75) is 70.8 Å². The number of hydrogen-bond acceptors (Lipinski definition) is 5. The van der Waals surface area contributed by atoms with Gasteiger partial charge in [-0.15, -0.1) is 0 Å². The third kappa shape index (κ3) is 6.30. The van der Waals surface area contributed by atoms with Gasteiger partial charge in [0.2, 0.25) is 0 Å². The summed E-state index contributed by atoms with van der Waals surface area (Å²) in [6.07, 6.45) is 6.42. The molecule has 2 unspecified atom stereocenters. The molecule has 0 bridgehead atoms. The molecule has 1 aromatic heterocycles. The average Bonchev–Trinajstić information content (AvgIpc) is 2.70. The number of aliphatic carboxylic acids is 1. The van der Waals surface area contributed by atoms with Crippen molar-refractivity contribution in [2.75, 3.05) is 6.67 Å². The van der Waals surface area contributed by atoms with Crippen LogP contribution in [0.3, 0.4) is 0 Å². The smallest absolute Gasteiger partial charge is 0.304 e. The lowest BCUT2D eigenvalue weighted by Gasteiger charge is -2.22. The largest absolute Gasteiger partial charge is 0.481 e. The van der Waals surface area contributed by atoms with Crippen LogP contribution in [0.1, 0.15) is 69.8 Å². The van der Waals surface area contributed by atoms with Gasteiger partial charge in [0.25, 0.3) is 5.56 Å². The fourth-order valence-electron chi connectivity index (χ4n) is 4.10. The van der Waals surface area contributed by atoms with Crippen molar-refractivity contribution in [3.8, 4) is 0 Å². The predicted octanol–water partition coefficient (Wildman–Crippen LogP) is 2.91. The van der Waals surface area contributed by atoms with Crippen LogP contribution in [0, 0.1) is 11.8 Å². The molecule has 1 aromatic rings. The number of nitrogens with zero attached hydrogens (tertiary/aromatic N) is 2. The molecule has 2 rings (SSSR count). The second kappa shape index (κ2) is 11.0. The number of rotatable bonds is 11. The van der Waals surface area contributed by atoms with Crippen molar-refractivity contribution < 1.29 is 23.9 Å². The number of aromatic nitrogens is 2. The first kappa shape index (κ1) is 22.9. The molecule has 1 aliphatic rings. The van der Waals surface area contributed by atoms with Gasteiger partial charge in [0.1, 0.15) is 12.5 Å². The number of halogens is 1. The van der Waals surface area contributed by atoms with Gasteiger partial charge in [-0.3, -0.25) is 19.2 Å². The first-order chi connectivity index (χ1) is 13.9. The number of ketones is 2. The maximum Gasteiger partial charge on any atom is 0.304 e. The number of Topliss-reactive ketones (excluding diaryl/α,β-unsaturated/α-hetero) is 2. The summed E-state index contributed by atoms with van der Waals surface area (Å²) in [7, 11) is 0. The van der Waals surface area contributed by atoms with Crippen LogP contribution in [-0.2, 0) is 20.9 Å². The Kier molecular flexibility index (Phi) is 8.67. The van der Waals surface area contributed by atoms with Crippen LogP contribution < -0.4 is 5.56 Å². The molecule has 1 aliphatic carbocycles.